The molecule has 0 atom stereocenters. The summed E-state index contributed by atoms with van der Waals surface area (Å²) in [5, 5.41) is 7.05. The molecule has 8 heteroatoms. The third kappa shape index (κ3) is 5.77. The SMILES string of the molecule is COc1ccc(-c2noc(CN3CCN(CC(=O)NCC(C)C)CC3)n2)cc1. The van der Waals surface area contributed by atoms with Gasteiger partial charge in [0, 0.05) is 38.3 Å². The fraction of sp³-hybridized carbons (Fsp3) is 0.550. The van der Waals surface area contributed by atoms with Crippen LogP contribution in [-0.4, -0.2) is 72.2 Å². The lowest BCUT2D eigenvalue weighted by molar-refractivity contribution is -0.122. The fourth-order valence-electron chi connectivity index (χ4n) is 3.05. The summed E-state index contributed by atoms with van der Waals surface area (Å²) in [4.78, 5) is 20.9. The Morgan fingerprint density at radius 3 is 2.50 bits per heavy atom. The summed E-state index contributed by atoms with van der Waals surface area (Å²) in [7, 11) is 1.64. The number of rotatable bonds is 8. The van der Waals surface area contributed by atoms with Gasteiger partial charge in [-0.2, -0.15) is 4.98 Å². The van der Waals surface area contributed by atoms with Gasteiger partial charge in [0.25, 0.3) is 0 Å². The van der Waals surface area contributed by atoms with E-state index in [4.69, 9.17) is 9.26 Å². The third-order valence-electron chi connectivity index (χ3n) is 4.71. The minimum absolute atomic E-state index is 0.100. The van der Waals surface area contributed by atoms with Crippen LogP contribution in [0.15, 0.2) is 28.8 Å². The van der Waals surface area contributed by atoms with Gasteiger partial charge in [0.1, 0.15) is 5.75 Å². The minimum Gasteiger partial charge on any atom is -0.497 e. The van der Waals surface area contributed by atoms with Crippen LogP contribution in [0.4, 0.5) is 0 Å². The van der Waals surface area contributed by atoms with Crippen LogP contribution < -0.4 is 10.1 Å². The van der Waals surface area contributed by atoms with Gasteiger partial charge < -0.3 is 14.6 Å². The van der Waals surface area contributed by atoms with Crippen LogP contribution in [0.5, 0.6) is 5.75 Å². The Hall–Kier alpha value is -2.45. The second kappa shape index (κ2) is 9.66. The van der Waals surface area contributed by atoms with Crippen LogP contribution in [0.1, 0.15) is 19.7 Å². The van der Waals surface area contributed by atoms with Crippen LogP contribution in [0.3, 0.4) is 0 Å². The predicted octanol–water partition coefficient (Wildman–Crippen LogP) is 1.64. The quantitative estimate of drug-likeness (QED) is 0.737. The smallest absolute Gasteiger partial charge is 0.241 e. The Bertz CT molecular complexity index is 751. The lowest BCUT2D eigenvalue weighted by Crippen LogP contribution is -2.49. The molecule has 0 bridgehead atoms. The van der Waals surface area contributed by atoms with Crippen LogP contribution >= 0.6 is 0 Å². The Kier molecular flexibility index (Phi) is 7.00. The zero-order valence-corrected chi connectivity index (χ0v) is 16.9. The van der Waals surface area contributed by atoms with Crippen LogP contribution in [0.25, 0.3) is 11.4 Å². The lowest BCUT2D eigenvalue weighted by Gasteiger charge is -2.33. The molecule has 8 nitrogen and oxygen atoms in total. The van der Waals surface area contributed by atoms with Crippen molar-refractivity contribution in [2.45, 2.75) is 20.4 Å². The molecule has 1 aromatic carbocycles. The number of hydrogen-bond acceptors (Lipinski definition) is 7. The molecule has 3 rings (SSSR count). The first-order valence-corrected chi connectivity index (χ1v) is 9.72. The van der Waals surface area contributed by atoms with E-state index in [2.05, 4.69) is 39.1 Å². The van der Waals surface area contributed by atoms with E-state index in [0.29, 0.717) is 30.7 Å². The molecule has 1 amide bonds. The van der Waals surface area contributed by atoms with E-state index in [9.17, 15) is 4.79 Å². The molecule has 2 heterocycles. The van der Waals surface area contributed by atoms with E-state index >= 15 is 0 Å². The van der Waals surface area contributed by atoms with Crippen molar-refractivity contribution < 1.29 is 14.1 Å². The van der Waals surface area contributed by atoms with Crippen molar-refractivity contribution in [3.8, 4) is 17.1 Å². The molecular formula is C20H29N5O3. The lowest BCUT2D eigenvalue weighted by atomic mass is 10.2. The Balaban J connectivity index is 1.45. The maximum absolute atomic E-state index is 12.0. The standard InChI is InChI=1S/C20H29N5O3/c1-15(2)12-21-18(26)13-24-8-10-25(11-9-24)14-19-22-20(23-28-19)16-4-6-17(27-3)7-5-16/h4-7,15H,8-14H2,1-3H3,(H,21,26). The van der Waals surface area contributed by atoms with Gasteiger partial charge in [-0.05, 0) is 30.2 Å². The maximum Gasteiger partial charge on any atom is 0.241 e. The number of amides is 1. The Labute approximate surface area is 165 Å². The molecule has 1 aliphatic rings. The van der Waals surface area contributed by atoms with E-state index in [1.807, 2.05) is 24.3 Å². The normalized spacial score (nSPS) is 15.7. The number of ether oxygens (including phenoxy) is 1. The van der Waals surface area contributed by atoms with Crippen molar-refractivity contribution in [2.75, 3.05) is 46.4 Å². The largest absolute Gasteiger partial charge is 0.497 e. The molecule has 1 N–H and O–H groups in total. The third-order valence-corrected chi connectivity index (χ3v) is 4.71. The number of carbonyl (C=O) groups excluding carboxylic acids is 1. The predicted molar refractivity (Wildman–Crippen MR) is 106 cm³/mol. The zero-order chi connectivity index (χ0) is 19.9. The highest BCUT2D eigenvalue weighted by Crippen LogP contribution is 2.20. The number of nitrogens with zero attached hydrogens (tertiary/aromatic N) is 4. The number of aromatic nitrogens is 2. The highest BCUT2D eigenvalue weighted by atomic mass is 16.5. The minimum atomic E-state index is 0.100. The van der Waals surface area contributed by atoms with Gasteiger partial charge in [-0.1, -0.05) is 19.0 Å². The molecule has 0 radical (unpaired) electrons. The maximum atomic E-state index is 12.0. The molecule has 152 valence electrons. The number of hydrogen-bond donors (Lipinski definition) is 1. The summed E-state index contributed by atoms with van der Waals surface area (Å²) in [5.41, 5.74) is 0.896. The summed E-state index contributed by atoms with van der Waals surface area (Å²) in [6.07, 6.45) is 0. The first kappa shape index (κ1) is 20.3. The second-order valence-electron chi connectivity index (χ2n) is 7.49. The molecular weight excluding hydrogens is 358 g/mol. The van der Waals surface area contributed by atoms with Gasteiger partial charge in [0.05, 0.1) is 20.2 Å². The Morgan fingerprint density at radius 2 is 1.86 bits per heavy atom. The monoisotopic (exact) mass is 387 g/mol. The number of nitrogens with one attached hydrogen (secondary N) is 1. The van der Waals surface area contributed by atoms with Crippen molar-refractivity contribution in [1.29, 1.82) is 0 Å². The van der Waals surface area contributed by atoms with Gasteiger partial charge >= 0.3 is 0 Å². The van der Waals surface area contributed by atoms with Crippen LogP contribution in [-0.2, 0) is 11.3 Å². The molecule has 2 aromatic rings. The summed E-state index contributed by atoms with van der Waals surface area (Å²) < 4.78 is 10.6. The summed E-state index contributed by atoms with van der Waals surface area (Å²) in [6, 6.07) is 7.58. The van der Waals surface area contributed by atoms with Crippen molar-refractivity contribution >= 4 is 5.91 Å². The topological polar surface area (TPSA) is 83.7 Å². The van der Waals surface area contributed by atoms with Crippen molar-refractivity contribution in [3.63, 3.8) is 0 Å². The first-order valence-electron chi connectivity index (χ1n) is 9.72. The highest BCUT2D eigenvalue weighted by Gasteiger charge is 2.21. The van der Waals surface area contributed by atoms with E-state index < -0.39 is 0 Å². The van der Waals surface area contributed by atoms with Gasteiger partial charge in [-0.15, -0.1) is 0 Å². The molecule has 0 spiro atoms. The number of methoxy groups -OCH3 is 1. The highest BCUT2D eigenvalue weighted by molar-refractivity contribution is 5.78. The molecule has 0 aliphatic carbocycles. The van der Waals surface area contributed by atoms with Crippen molar-refractivity contribution in [3.05, 3.63) is 30.2 Å². The van der Waals surface area contributed by atoms with E-state index in [-0.39, 0.29) is 5.91 Å². The molecule has 1 aliphatic heterocycles. The molecule has 0 saturated carbocycles. The molecule has 1 saturated heterocycles. The Morgan fingerprint density at radius 1 is 1.18 bits per heavy atom. The summed E-state index contributed by atoms with van der Waals surface area (Å²) in [5.74, 6) is 2.55. The van der Waals surface area contributed by atoms with Gasteiger partial charge in [0.2, 0.25) is 17.6 Å². The van der Waals surface area contributed by atoms with Crippen molar-refractivity contribution in [1.82, 2.24) is 25.3 Å². The first-order chi connectivity index (χ1) is 13.5. The summed E-state index contributed by atoms with van der Waals surface area (Å²) >= 11 is 0. The van der Waals surface area contributed by atoms with Gasteiger partial charge in [-0.3, -0.25) is 14.6 Å². The molecule has 1 fully saturated rings. The van der Waals surface area contributed by atoms with Crippen LogP contribution in [0.2, 0.25) is 0 Å². The summed E-state index contributed by atoms with van der Waals surface area (Å²) in [6.45, 7) is 9.46. The number of piperazine rings is 1. The van der Waals surface area contributed by atoms with Gasteiger partial charge in [-0.25, -0.2) is 0 Å². The van der Waals surface area contributed by atoms with E-state index in [1.54, 1.807) is 7.11 Å². The average Bonchev–Trinajstić information content (AvgIpc) is 3.16. The van der Waals surface area contributed by atoms with Crippen LogP contribution in [0, 0.1) is 5.92 Å². The molecule has 1 aromatic heterocycles. The second-order valence-corrected chi connectivity index (χ2v) is 7.49. The van der Waals surface area contributed by atoms with E-state index in [0.717, 1.165) is 44.0 Å². The molecule has 28 heavy (non-hydrogen) atoms. The fourth-order valence-corrected chi connectivity index (χ4v) is 3.05. The van der Waals surface area contributed by atoms with Gasteiger partial charge in [0.15, 0.2) is 0 Å². The average molecular weight is 387 g/mol. The van der Waals surface area contributed by atoms with Crippen molar-refractivity contribution in [2.24, 2.45) is 5.92 Å². The zero-order valence-electron chi connectivity index (χ0n) is 16.9. The number of carbonyl (C=O) groups is 1. The number of benzene rings is 1. The van der Waals surface area contributed by atoms with E-state index in [1.165, 1.54) is 0 Å². The molecule has 0 unspecified atom stereocenters.